The van der Waals surface area contributed by atoms with Crippen LogP contribution in [0, 0.1) is 11.8 Å². The van der Waals surface area contributed by atoms with Crippen molar-refractivity contribution < 1.29 is 0 Å². The summed E-state index contributed by atoms with van der Waals surface area (Å²) in [5.41, 5.74) is 0. The van der Waals surface area contributed by atoms with Crippen molar-refractivity contribution in [2.45, 2.75) is 51.5 Å². The van der Waals surface area contributed by atoms with E-state index in [0.717, 1.165) is 17.9 Å². The molecule has 0 aromatic rings. The van der Waals surface area contributed by atoms with Gasteiger partial charge in [-0.25, -0.2) is 0 Å². The average molecular weight is 224 g/mol. The highest BCUT2D eigenvalue weighted by Gasteiger charge is 2.23. The summed E-state index contributed by atoms with van der Waals surface area (Å²) < 4.78 is 0. The van der Waals surface area contributed by atoms with Crippen molar-refractivity contribution in [3.8, 4) is 0 Å². The molecule has 0 spiro atoms. The second-order valence-corrected chi connectivity index (χ2v) is 6.08. The first-order valence-electron chi connectivity index (χ1n) is 7.16. The van der Waals surface area contributed by atoms with E-state index in [9.17, 15) is 0 Å². The van der Waals surface area contributed by atoms with Crippen molar-refractivity contribution in [1.82, 2.24) is 10.2 Å². The summed E-state index contributed by atoms with van der Waals surface area (Å²) >= 11 is 0. The largest absolute Gasteiger partial charge is 0.315 e. The molecule has 0 amide bonds. The fraction of sp³-hybridized carbons (Fsp3) is 1.00. The van der Waals surface area contributed by atoms with Crippen molar-refractivity contribution in [1.29, 1.82) is 0 Å². The second kappa shape index (κ2) is 6.02. The maximum atomic E-state index is 3.52. The van der Waals surface area contributed by atoms with Gasteiger partial charge in [0.05, 0.1) is 0 Å². The van der Waals surface area contributed by atoms with Gasteiger partial charge in [-0.15, -0.1) is 0 Å². The van der Waals surface area contributed by atoms with E-state index in [2.05, 4.69) is 24.2 Å². The van der Waals surface area contributed by atoms with Crippen LogP contribution in [0.5, 0.6) is 0 Å². The first kappa shape index (κ1) is 12.4. The maximum Gasteiger partial charge on any atom is 0.0218 e. The summed E-state index contributed by atoms with van der Waals surface area (Å²) in [7, 11) is 2.33. The van der Waals surface area contributed by atoms with Crippen LogP contribution in [-0.2, 0) is 0 Å². The zero-order chi connectivity index (χ0) is 11.4. The Morgan fingerprint density at radius 1 is 1.19 bits per heavy atom. The zero-order valence-electron chi connectivity index (χ0n) is 11.0. The van der Waals surface area contributed by atoms with Gasteiger partial charge in [-0.2, -0.15) is 0 Å². The molecule has 1 saturated carbocycles. The number of likely N-dealkylation sites (N-methyl/N-ethyl adjacent to an activating group) is 1. The Balaban J connectivity index is 1.74. The van der Waals surface area contributed by atoms with Crippen LogP contribution < -0.4 is 5.32 Å². The fourth-order valence-corrected chi connectivity index (χ4v) is 3.49. The molecule has 1 aliphatic heterocycles. The summed E-state index contributed by atoms with van der Waals surface area (Å²) in [6.45, 7) is 6.19. The Bertz CT molecular complexity index is 199. The number of hydrogen-bond acceptors (Lipinski definition) is 2. The molecule has 2 fully saturated rings. The van der Waals surface area contributed by atoms with Gasteiger partial charge in [0.1, 0.15) is 0 Å². The van der Waals surface area contributed by atoms with Gasteiger partial charge >= 0.3 is 0 Å². The monoisotopic (exact) mass is 224 g/mol. The molecule has 2 aliphatic rings. The summed E-state index contributed by atoms with van der Waals surface area (Å²) in [6, 6.07) is 0.797. The molecule has 2 heteroatoms. The van der Waals surface area contributed by atoms with Gasteiger partial charge < -0.3 is 10.2 Å². The van der Waals surface area contributed by atoms with Crippen LogP contribution in [0.2, 0.25) is 0 Å². The highest BCUT2D eigenvalue weighted by molar-refractivity contribution is 4.80. The first-order chi connectivity index (χ1) is 7.75. The van der Waals surface area contributed by atoms with E-state index in [0.29, 0.717) is 0 Å². The molecular formula is C14H28N2. The molecule has 2 rings (SSSR count). The van der Waals surface area contributed by atoms with E-state index in [4.69, 9.17) is 0 Å². The van der Waals surface area contributed by atoms with Crippen LogP contribution in [0.3, 0.4) is 0 Å². The minimum atomic E-state index is 0.797. The molecule has 94 valence electrons. The lowest BCUT2D eigenvalue weighted by atomic mass is 9.82. The minimum absolute atomic E-state index is 0.797. The molecule has 1 aliphatic carbocycles. The van der Waals surface area contributed by atoms with Gasteiger partial charge in [0.2, 0.25) is 0 Å². The van der Waals surface area contributed by atoms with E-state index in [1.54, 1.807) is 0 Å². The SMILES string of the molecule is CC1CCCC(CN(C)C2CCCNC2)C1. The fourth-order valence-electron chi connectivity index (χ4n) is 3.49. The van der Waals surface area contributed by atoms with Crippen LogP contribution >= 0.6 is 0 Å². The van der Waals surface area contributed by atoms with Crippen LogP contribution in [0.25, 0.3) is 0 Å². The number of nitrogens with one attached hydrogen (secondary N) is 1. The lowest BCUT2D eigenvalue weighted by Crippen LogP contribution is -2.46. The summed E-state index contributed by atoms with van der Waals surface area (Å²) in [4.78, 5) is 2.62. The molecule has 16 heavy (non-hydrogen) atoms. The first-order valence-corrected chi connectivity index (χ1v) is 7.16. The van der Waals surface area contributed by atoms with Crippen molar-refractivity contribution >= 4 is 0 Å². The smallest absolute Gasteiger partial charge is 0.0218 e. The van der Waals surface area contributed by atoms with E-state index in [-0.39, 0.29) is 0 Å². The summed E-state index contributed by atoms with van der Waals surface area (Å²) in [5, 5.41) is 3.52. The zero-order valence-corrected chi connectivity index (χ0v) is 11.0. The van der Waals surface area contributed by atoms with Crippen molar-refractivity contribution in [2.24, 2.45) is 11.8 Å². The molecule has 1 saturated heterocycles. The Morgan fingerprint density at radius 2 is 2.06 bits per heavy atom. The maximum absolute atomic E-state index is 3.52. The molecular weight excluding hydrogens is 196 g/mol. The lowest BCUT2D eigenvalue weighted by Gasteiger charge is -2.36. The third-order valence-corrected chi connectivity index (χ3v) is 4.49. The van der Waals surface area contributed by atoms with Gasteiger partial charge in [-0.3, -0.25) is 0 Å². The van der Waals surface area contributed by atoms with Gasteiger partial charge in [0.25, 0.3) is 0 Å². The molecule has 0 aromatic carbocycles. The topological polar surface area (TPSA) is 15.3 Å². The number of nitrogens with zero attached hydrogens (tertiary/aromatic N) is 1. The average Bonchev–Trinajstić information content (AvgIpc) is 2.30. The Kier molecular flexibility index (Phi) is 4.66. The molecule has 2 nitrogen and oxygen atoms in total. The van der Waals surface area contributed by atoms with E-state index in [1.165, 1.54) is 58.2 Å². The lowest BCUT2D eigenvalue weighted by molar-refractivity contribution is 0.146. The van der Waals surface area contributed by atoms with Crippen molar-refractivity contribution in [3.63, 3.8) is 0 Å². The van der Waals surface area contributed by atoms with E-state index in [1.807, 2.05) is 0 Å². The van der Waals surface area contributed by atoms with Gasteiger partial charge in [0.15, 0.2) is 0 Å². The summed E-state index contributed by atoms with van der Waals surface area (Å²) in [6.07, 6.45) is 8.61. The van der Waals surface area contributed by atoms with Gasteiger partial charge in [0, 0.05) is 19.1 Å². The number of piperidine rings is 1. The molecule has 0 aromatic heterocycles. The van der Waals surface area contributed by atoms with Crippen LogP contribution in [0.15, 0.2) is 0 Å². The summed E-state index contributed by atoms with van der Waals surface area (Å²) in [5.74, 6) is 1.94. The highest BCUT2D eigenvalue weighted by Crippen LogP contribution is 2.29. The van der Waals surface area contributed by atoms with Gasteiger partial charge in [-0.05, 0) is 51.1 Å². The predicted molar refractivity (Wildman–Crippen MR) is 69.6 cm³/mol. The number of rotatable bonds is 3. The number of hydrogen-bond donors (Lipinski definition) is 1. The Morgan fingerprint density at radius 3 is 2.75 bits per heavy atom. The van der Waals surface area contributed by atoms with Crippen molar-refractivity contribution in [3.05, 3.63) is 0 Å². The molecule has 1 N–H and O–H groups in total. The van der Waals surface area contributed by atoms with E-state index < -0.39 is 0 Å². The third-order valence-electron chi connectivity index (χ3n) is 4.49. The molecule has 3 atom stereocenters. The van der Waals surface area contributed by atoms with E-state index >= 15 is 0 Å². The quantitative estimate of drug-likeness (QED) is 0.792. The second-order valence-electron chi connectivity index (χ2n) is 6.08. The molecule has 0 bridgehead atoms. The van der Waals surface area contributed by atoms with Crippen LogP contribution in [-0.4, -0.2) is 37.6 Å². The Labute approximate surface area is 101 Å². The Hall–Kier alpha value is -0.0800. The van der Waals surface area contributed by atoms with Gasteiger partial charge in [-0.1, -0.05) is 19.8 Å². The third kappa shape index (κ3) is 3.46. The van der Waals surface area contributed by atoms with Crippen LogP contribution in [0.4, 0.5) is 0 Å². The molecule has 3 unspecified atom stereocenters. The highest BCUT2D eigenvalue weighted by atomic mass is 15.2. The minimum Gasteiger partial charge on any atom is -0.315 e. The predicted octanol–water partition coefficient (Wildman–Crippen LogP) is 2.50. The normalized spacial score (nSPS) is 36.6. The molecule has 0 radical (unpaired) electrons. The van der Waals surface area contributed by atoms with Crippen molar-refractivity contribution in [2.75, 3.05) is 26.7 Å². The standard InChI is InChI=1S/C14H28N2/c1-12-5-3-6-13(9-12)11-16(2)14-7-4-8-15-10-14/h12-15H,3-11H2,1-2H3. The van der Waals surface area contributed by atoms with Crippen LogP contribution in [0.1, 0.15) is 45.4 Å². The molecule has 1 heterocycles.